The Labute approximate surface area is 110 Å². The first-order chi connectivity index (χ1) is 8.85. The molecule has 7 nitrogen and oxygen atoms in total. The number of amides is 1. The number of esters is 1. The lowest BCUT2D eigenvalue weighted by Gasteiger charge is -2.03. The van der Waals surface area contributed by atoms with Crippen LogP contribution in [0, 0.1) is 17.8 Å². The van der Waals surface area contributed by atoms with Crippen LogP contribution in [-0.4, -0.2) is 17.8 Å². The molecule has 100 valence electrons. The van der Waals surface area contributed by atoms with Crippen LogP contribution in [0.3, 0.4) is 0 Å². The van der Waals surface area contributed by atoms with Crippen LogP contribution in [0.2, 0.25) is 0 Å². The fourth-order valence-corrected chi connectivity index (χ4v) is 0.946. The Morgan fingerprint density at radius 2 is 1.79 bits per heavy atom. The molecule has 1 rings (SSSR count). The SMILES string of the molecule is C#CC(=O)Oc1ccc(NC(C)=O)cc1.N=C(N)N. The van der Waals surface area contributed by atoms with E-state index in [1.807, 2.05) is 5.92 Å². The molecule has 0 atom stereocenters. The summed E-state index contributed by atoms with van der Waals surface area (Å²) < 4.78 is 4.74. The highest BCUT2D eigenvalue weighted by Gasteiger charge is 2.00. The molecule has 6 N–H and O–H groups in total. The third kappa shape index (κ3) is 8.76. The van der Waals surface area contributed by atoms with Crippen LogP contribution in [0.15, 0.2) is 24.3 Å². The lowest BCUT2D eigenvalue weighted by Crippen LogP contribution is -2.20. The van der Waals surface area contributed by atoms with Crippen LogP contribution >= 0.6 is 0 Å². The van der Waals surface area contributed by atoms with E-state index in [0.717, 1.165) is 0 Å². The van der Waals surface area contributed by atoms with Crippen LogP contribution in [0.4, 0.5) is 5.69 Å². The van der Waals surface area contributed by atoms with Gasteiger partial charge in [-0.25, -0.2) is 4.79 Å². The van der Waals surface area contributed by atoms with E-state index in [1.165, 1.54) is 6.92 Å². The van der Waals surface area contributed by atoms with E-state index in [9.17, 15) is 9.59 Å². The molecule has 0 radical (unpaired) electrons. The number of benzene rings is 1. The summed E-state index contributed by atoms with van der Waals surface area (Å²) in [6.45, 7) is 1.41. The zero-order chi connectivity index (χ0) is 14.8. The maximum atomic E-state index is 10.7. The zero-order valence-corrected chi connectivity index (χ0v) is 10.3. The highest BCUT2D eigenvalue weighted by Crippen LogP contribution is 2.15. The van der Waals surface area contributed by atoms with Crippen molar-refractivity contribution < 1.29 is 14.3 Å². The molecular weight excluding hydrogens is 248 g/mol. The largest absolute Gasteiger partial charge is 0.417 e. The predicted octanol–water partition coefficient (Wildman–Crippen LogP) is 0.0222. The van der Waals surface area contributed by atoms with Gasteiger partial charge in [0.15, 0.2) is 5.96 Å². The van der Waals surface area contributed by atoms with Gasteiger partial charge >= 0.3 is 5.97 Å². The van der Waals surface area contributed by atoms with Crippen LogP contribution in [-0.2, 0) is 9.59 Å². The number of anilines is 1. The summed E-state index contributed by atoms with van der Waals surface area (Å²) in [4.78, 5) is 21.4. The highest BCUT2D eigenvalue weighted by atomic mass is 16.5. The van der Waals surface area contributed by atoms with Crippen molar-refractivity contribution >= 4 is 23.5 Å². The van der Waals surface area contributed by atoms with Gasteiger partial charge in [-0.15, -0.1) is 6.42 Å². The van der Waals surface area contributed by atoms with Crippen molar-refractivity contribution in [3.63, 3.8) is 0 Å². The third-order valence-corrected chi connectivity index (χ3v) is 1.50. The maximum absolute atomic E-state index is 10.7. The molecule has 0 aliphatic rings. The van der Waals surface area contributed by atoms with Crippen molar-refractivity contribution in [2.75, 3.05) is 5.32 Å². The minimum Gasteiger partial charge on any atom is -0.417 e. The van der Waals surface area contributed by atoms with Crippen LogP contribution in [0.5, 0.6) is 5.75 Å². The number of hydrogen-bond acceptors (Lipinski definition) is 4. The molecule has 0 fully saturated rings. The van der Waals surface area contributed by atoms with Gasteiger partial charge in [-0.1, -0.05) is 0 Å². The van der Waals surface area contributed by atoms with Gasteiger partial charge in [0.1, 0.15) is 5.75 Å². The van der Waals surface area contributed by atoms with E-state index < -0.39 is 5.97 Å². The van der Waals surface area contributed by atoms with Gasteiger partial charge in [-0.2, -0.15) is 0 Å². The van der Waals surface area contributed by atoms with Crippen molar-refractivity contribution in [1.29, 1.82) is 5.41 Å². The second kappa shape index (κ2) is 8.14. The van der Waals surface area contributed by atoms with Crippen molar-refractivity contribution in [3.8, 4) is 18.1 Å². The van der Waals surface area contributed by atoms with E-state index in [-0.39, 0.29) is 11.9 Å². The van der Waals surface area contributed by atoms with Gasteiger partial charge < -0.3 is 21.5 Å². The van der Waals surface area contributed by atoms with Gasteiger partial charge in [0.2, 0.25) is 5.91 Å². The Morgan fingerprint density at radius 1 is 1.32 bits per heavy atom. The van der Waals surface area contributed by atoms with E-state index in [0.29, 0.717) is 11.4 Å². The fraction of sp³-hybridized carbons (Fsp3) is 0.0833. The highest BCUT2D eigenvalue weighted by molar-refractivity contribution is 5.90. The smallest absolute Gasteiger partial charge is 0.389 e. The second-order valence-electron chi connectivity index (χ2n) is 3.19. The van der Waals surface area contributed by atoms with Gasteiger partial charge in [-0.05, 0) is 24.3 Å². The molecule has 0 bridgehead atoms. The lowest BCUT2D eigenvalue weighted by atomic mass is 10.3. The van der Waals surface area contributed by atoms with Gasteiger partial charge in [0.05, 0.1) is 0 Å². The van der Waals surface area contributed by atoms with E-state index in [2.05, 4.69) is 16.8 Å². The summed E-state index contributed by atoms with van der Waals surface area (Å²) in [7, 11) is 0. The molecule has 0 aromatic heterocycles. The number of carbonyl (C=O) groups is 2. The Kier molecular flexibility index (Phi) is 6.85. The molecule has 0 saturated carbocycles. The molecule has 0 unspecified atom stereocenters. The quantitative estimate of drug-likeness (QED) is 0.149. The number of ether oxygens (including phenoxy) is 1. The van der Waals surface area contributed by atoms with Crippen molar-refractivity contribution in [2.24, 2.45) is 11.5 Å². The van der Waals surface area contributed by atoms with Crippen LogP contribution in [0.1, 0.15) is 6.92 Å². The first kappa shape index (κ1) is 16.0. The standard InChI is InChI=1S/C11H9NO3.CH5N3/c1-3-11(14)15-10-6-4-9(5-7-10)12-8(2)13;2-1(3)4/h1,4-7H,2H3,(H,12,13);(H5,2,3,4). The molecular formula is C12H14N4O3. The topological polar surface area (TPSA) is 131 Å². The summed E-state index contributed by atoms with van der Waals surface area (Å²) in [6.07, 6.45) is 4.83. The second-order valence-corrected chi connectivity index (χ2v) is 3.19. The van der Waals surface area contributed by atoms with Gasteiger partial charge in [-0.3, -0.25) is 10.2 Å². The molecule has 19 heavy (non-hydrogen) atoms. The molecule has 1 aromatic rings. The number of terminal acetylenes is 1. The molecule has 0 heterocycles. The number of nitrogens with one attached hydrogen (secondary N) is 2. The molecule has 7 heteroatoms. The van der Waals surface area contributed by atoms with Gasteiger partial charge in [0.25, 0.3) is 0 Å². The summed E-state index contributed by atoms with van der Waals surface area (Å²) >= 11 is 0. The third-order valence-electron chi connectivity index (χ3n) is 1.50. The van der Waals surface area contributed by atoms with E-state index in [1.54, 1.807) is 24.3 Å². The molecule has 0 saturated heterocycles. The lowest BCUT2D eigenvalue weighted by molar-refractivity contribution is -0.128. The number of nitrogens with two attached hydrogens (primary N) is 2. The van der Waals surface area contributed by atoms with Crippen molar-refractivity contribution in [2.45, 2.75) is 6.92 Å². The number of guanidine groups is 1. The Hall–Kier alpha value is -3.01. The Balaban J connectivity index is 0.000000711. The Morgan fingerprint density at radius 3 is 2.16 bits per heavy atom. The normalized spacial score (nSPS) is 8.21. The number of carbonyl (C=O) groups excluding carboxylic acids is 2. The fourth-order valence-electron chi connectivity index (χ4n) is 0.946. The zero-order valence-electron chi connectivity index (χ0n) is 10.3. The number of hydrogen-bond donors (Lipinski definition) is 4. The predicted molar refractivity (Wildman–Crippen MR) is 71.3 cm³/mol. The number of rotatable bonds is 2. The average molecular weight is 262 g/mol. The first-order valence-corrected chi connectivity index (χ1v) is 5.00. The summed E-state index contributed by atoms with van der Waals surface area (Å²) in [5, 5.41) is 8.64. The molecule has 1 aromatic carbocycles. The van der Waals surface area contributed by atoms with Crippen molar-refractivity contribution in [3.05, 3.63) is 24.3 Å². The monoisotopic (exact) mass is 262 g/mol. The molecule has 0 aliphatic carbocycles. The first-order valence-electron chi connectivity index (χ1n) is 5.00. The Bertz CT molecular complexity index is 499. The van der Waals surface area contributed by atoms with Gasteiger partial charge in [0, 0.05) is 18.5 Å². The summed E-state index contributed by atoms with van der Waals surface area (Å²) in [5.41, 5.74) is 9.57. The molecule has 1 amide bonds. The van der Waals surface area contributed by atoms with E-state index >= 15 is 0 Å². The van der Waals surface area contributed by atoms with Crippen molar-refractivity contribution in [1.82, 2.24) is 0 Å². The molecule has 0 spiro atoms. The minimum atomic E-state index is -0.748. The molecule has 0 aliphatic heterocycles. The van der Waals surface area contributed by atoms with Crippen LogP contribution < -0.4 is 21.5 Å². The summed E-state index contributed by atoms with van der Waals surface area (Å²) in [5.74, 6) is 0.924. The summed E-state index contributed by atoms with van der Waals surface area (Å²) in [6, 6.07) is 6.31. The average Bonchev–Trinajstić information content (AvgIpc) is 2.30. The van der Waals surface area contributed by atoms with E-state index in [4.69, 9.17) is 16.6 Å². The minimum absolute atomic E-state index is 0.164. The maximum Gasteiger partial charge on any atom is 0.389 e. The van der Waals surface area contributed by atoms with Crippen LogP contribution in [0.25, 0.3) is 0 Å².